The molecule has 3 heterocycles. The number of nitrogens with one attached hydrogen (secondary N) is 1. The maximum Gasteiger partial charge on any atom is 0.293 e. The summed E-state index contributed by atoms with van der Waals surface area (Å²) < 4.78 is 1.29. The highest BCUT2D eigenvalue weighted by atomic mass is 32.2. The number of imide groups is 1. The number of thioether (sulfide) groups is 1. The summed E-state index contributed by atoms with van der Waals surface area (Å²) in [5, 5.41) is 7.44. The quantitative estimate of drug-likeness (QED) is 0.536. The molecule has 1 fully saturated rings. The van der Waals surface area contributed by atoms with Gasteiger partial charge in [-0.2, -0.15) is 5.10 Å². The molecule has 33 heavy (non-hydrogen) atoms. The van der Waals surface area contributed by atoms with Gasteiger partial charge in [-0.3, -0.25) is 29.1 Å². The van der Waals surface area contributed by atoms with Gasteiger partial charge < -0.3 is 5.32 Å². The van der Waals surface area contributed by atoms with E-state index in [-0.39, 0.29) is 24.3 Å². The fourth-order valence-corrected chi connectivity index (χ4v) is 4.30. The summed E-state index contributed by atoms with van der Waals surface area (Å²) in [7, 11) is 0. The van der Waals surface area contributed by atoms with Crippen LogP contribution in [-0.2, 0) is 11.3 Å². The van der Waals surface area contributed by atoms with Crippen molar-refractivity contribution in [3.05, 3.63) is 75.3 Å². The lowest BCUT2D eigenvalue weighted by molar-refractivity contribution is -0.122. The van der Waals surface area contributed by atoms with Crippen LogP contribution in [0.25, 0.3) is 16.8 Å². The summed E-state index contributed by atoms with van der Waals surface area (Å²) in [5.74, 6) is -0.892. The number of fused-ring (bicyclic) bond motifs is 1. The van der Waals surface area contributed by atoms with E-state index < -0.39 is 17.1 Å². The minimum Gasteiger partial charge on any atom is -0.349 e. The molecule has 10 heteroatoms. The maximum absolute atomic E-state index is 12.9. The zero-order valence-corrected chi connectivity index (χ0v) is 18.7. The molecule has 0 atom stereocenters. The first-order valence-electron chi connectivity index (χ1n) is 10.4. The van der Waals surface area contributed by atoms with Crippen LogP contribution in [0.4, 0.5) is 4.79 Å². The fraction of sp³-hybridized carbons (Fsp3) is 0.217. The SMILES string of the molecule is CCCn1nc(C(=O)NCCN2C(=O)S/C(=C\c3cccnc3)C2=O)c2ccccc2c1=O. The maximum atomic E-state index is 12.9. The van der Waals surface area contributed by atoms with Gasteiger partial charge >= 0.3 is 0 Å². The van der Waals surface area contributed by atoms with Crippen LogP contribution in [0.5, 0.6) is 0 Å². The third-order valence-electron chi connectivity index (χ3n) is 4.99. The van der Waals surface area contributed by atoms with E-state index in [0.29, 0.717) is 28.6 Å². The summed E-state index contributed by atoms with van der Waals surface area (Å²) in [6.45, 7) is 2.39. The minimum absolute atomic E-state index is 0.0211. The highest BCUT2D eigenvalue weighted by Crippen LogP contribution is 2.31. The average Bonchev–Trinajstić information content (AvgIpc) is 3.09. The Hall–Kier alpha value is -3.79. The Morgan fingerprint density at radius 3 is 2.61 bits per heavy atom. The van der Waals surface area contributed by atoms with Gasteiger partial charge in [-0.15, -0.1) is 0 Å². The molecule has 0 unspecified atom stereocenters. The first-order chi connectivity index (χ1) is 16.0. The van der Waals surface area contributed by atoms with E-state index in [0.717, 1.165) is 22.2 Å². The molecule has 9 nitrogen and oxygen atoms in total. The number of hydrogen-bond donors (Lipinski definition) is 1. The molecule has 1 aliphatic rings. The van der Waals surface area contributed by atoms with E-state index in [1.807, 2.05) is 6.92 Å². The lowest BCUT2D eigenvalue weighted by Crippen LogP contribution is -2.38. The Labute approximate surface area is 193 Å². The van der Waals surface area contributed by atoms with Gasteiger partial charge in [-0.1, -0.05) is 31.2 Å². The number of rotatable bonds is 7. The van der Waals surface area contributed by atoms with Crippen molar-refractivity contribution in [3.8, 4) is 0 Å². The highest BCUT2D eigenvalue weighted by molar-refractivity contribution is 8.18. The molecule has 1 N–H and O–H groups in total. The lowest BCUT2D eigenvalue weighted by Gasteiger charge is -2.14. The van der Waals surface area contributed by atoms with Crippen LogP contribution in [0.1, 0.15) is 29.4 Å². The Bertz CT molecular complexity index is 1320. The topological polar surface area (TPSA) is 114 Å². The predicted molar refractivity (Wildman–Crippen MR) is 126 cm³/mol. The summed E-state index contributed by atoms with van der Waals surface area (Å²) >= 11 is 0.850. The minimum atomic E-state index is -0.478. The van der Waals surface area contributed by atoms with Crippen molar-refractivity contribution in [2.24, 2.45) is 0 Å². The van der Waals surface area contributed by atoms with E-state index in [4.69, 9.17) is 0 Å². The van der Waals surface area contributed by atoms with E-state index in [1.165, 1.54) is 4.68 Å². The molecule has 4 rings (SSSR count). The van der Waals surface area contributed by atoms with Crippen LogP contribution in [0, 0.1) is 0 Å². The van der Waals surface area contributed by atoms with Gasteiger partial charge in [0.05, 0.1) is 10.3 Å². The summed E-state index contributed by atoms with van der Waals surface area (Å²) in [6, 6.07) is 10.3. The first-order valence-corrected chi connectivity index (χ1v) is 11.2. The number of carbonyl (C=O) groups excluding carboxylic acids is 3. The number of carbonyl (C=O) groups is 3. The molecule has 1 aliphatic heterocycles. The molecule has 3 aromatic rings. The van der Waals surface area contributed by atoms with E-state index in [9.17, 15) is 19.2 Å². The predicted octanol–water partition coefficient (Wildman–Crippen LogP) is 2.67. The van der Waals surface area contributed by atoms with Crippen LogP contribution >= 0.6 is 11.8 Å². The standard InChI is InChI=1S/C23H21N5O4S/c1-2-11-28-21(30)17-8-4-3-7-16(17)19(26-28)20(29)25-10-12-27-22(31)18(33-23(27)32)13-15-6-5-9-24-14-15/h3-9,13-14H,2,10-12H2,1H3,(H,25,29)/b18-13-. The van der Waals surface area contributed by atoms with Gasteiger partial charge in [0.2, 0.25) is 0 Å². The van der Waals surface area contributed by atoms with Crippen molar-refractivity contribution in [3.63, 3.8) is 0 Å². The smallest absolute Gasteiger partial charge is 0.293 e. The van der Waals surface area contributed by atoms with Gasteiger partial charge in [0, 0.05) is 37.4 Å². The zero-order chi connectivity index (χ0) is 23.4. The van der Waals surface area contributed by atoms with Crippen LogP contribution in [-0.4, -0.2) is 49.8 Å². The molecule has 0 spiro atoms. The second kappa shape index (κ2) is 9.78. The van der Waals surface area contributed by atoms with Gasteiger partial charge in [0.15, 0.2) is 5.69 Å². The van der Waals surface area contributed by atoms with E-state index in [1.54, 1.807) is 54.9 Å². The molecule has 1 aromatic carbocycles. The third kappa shape index (κ3) is 4.70. The molecule has 0 aliphatic carbocycles. The molecule has 2 aromatic heterocycles. The summed E-state index contributed by atoms with van der Waals surface area (Å²) in [5.41, 5.74) is 0.600. The summed E-state index contributed by atoms with van der Waals surface area (Å²) in [4.78, 5) is 55.8. The number of benzene rings is 1. The van der Waals surface area contributed by atoms with Crippen molar-refractivity contribution in [1.29, 1.82) is 0 Å². The van der Waals surface area contributed by atoms with Crippen molar-refractivity contribution >= 4 is 45.7 Å². The number of hydrogen-bond acceptors (Lipinski definition) is 7. The van der Waals surface area contributed by atoms with Crippen LogP contribution in [0.15, 0.2) is 58.5 Å². The second-order valence-electron chi connectivity index (χ2n) is 7.30. The monoisotopic (exact) mass is 463 g/mol. The van der Waals surface area contributed by atoms with Crippen molar-refractivity contribution in [1.82, 2.24) is 25.0 Å². The van der Waals surface area contributed by atoms with Crippen LogP contribution < -0.4 is 10.9 Å². The molecule has 168 valence electrons. The number of pyridine rings is 1. The molecule has 0 radical (unpaired) electrons. The Kier molecular flexibility index (Phi) is 6.64. The van der Waals surface area contributed by atoms with Gasteiger partial charge in [0.1, 0.15) is 0 Å². The molecule has 1 saturated heterocycles. The van der Waals surface area contributed by atoms with E-state index in [2.05, 4.69) is 15.4 Å². The Balaban J connectivity index is 1.47. The lowest BCUT2D eigenvalue weighted by atomic mass is 10.1. The van der Waals surface area contributed by atoms with Crippen molar-refractivity contribution in [2.75, 3.05) is 13.1 Å². The Morgan fingerprint density at radius 1 is 1.09 bits per heavy atom. The molecular formula is C23H21N5O4S. The van der Waals surface area contributed by atoms with Gasteiger partial charge in [-0.25, -0.2) is 4.68 Å². The van der Waals surface area contributed by atoms with E-state index >= 15 is 0 Å². The number of aryl methyl sites for hydroxylation is 1. The van der Waals surface area contributed by atoms with Crippen molar-refractivity contribution in [2.45, 2.75) is 19.9 Å². The molecule has 0 bridgehead atoms. The average molecular weight is 464 g/mol. The Morgan fingerprint density at radius 2 is 1.88 bits per heavy atom. The second-order valence-corrected chi connectivity index (χ2v) is 8.29. The molecular weight excluding hydrogens is 442 g/mol. The summed E-state index contributed by atoms with van der Waals surface area (Å²) in [6.07, 6.45) is 5.53. The van der Waals surface area contributed by atoms with Crippen molar-refractivity contribution < 1.29 is 14.4 Å². The number of aromatic nitrogens is 3. The van der Waals surface area contributed by atoms with Crippen LogP contribution in [0.2, 0.25) is 0 Å². The van der Waals surface area contributed by atoms with Gasteiger partial charge in [0.25, 0.3) is 22.6 Å². The molecule has 0 saturated carbocycles. The molecule has 3 amide bonds. The number of amides is 3. The normalized spacial score (nSPS) is 14.9. The third-order valence-corrected chi connectivity index (χ3v) is 5.90. The van der Waals surface area contributed by atoms with Gasteiger partial charge in [-0.05, 0) is 42.0 Å². The zero-order valence-electron chi connectivity index (χ0n) is 17.9. The fourth-order valence-electron chi connectivity index (χ4n) is 3.44. The first kappa shape index (κ1) is 22.4. The van der Waals surface area contributed by atoms with Crippen LogP contribution in [0.3, 0.4) is 0 Å². The largest absolute Gasteiger partial charge is 0.349 e. The highest BCUT2D eigenvalue weighted by Gasteiger charge is 2.34. The number of nitrogens with zero attached hydrogens (tertiary/aromatic N) is 4.